The van der Waals surface area contributed by atoms with Crippen molar-refractivity contribution < 1.29 is 10.0 Å². The van der Waals surface area contributed by atoms with Crippen LogP contribution >= 0.6 is 0 Å². The summed E-state index contributed by atoms with van der Waals surface area (Å²) in [6, 6.07) is 17.2. The van der Waals surface area contributed by atoms with Gasteiger partial charge in [0.25, 0.3) is 0 Å². The molecule has 1 aliphatic heterocycles. The summed E-state index contributed by atoms with van der Waals surface area (Å²) in [6.45, 7) is 0. The maximum Gasteiger partial charge on any atom is 0.311 e. The third-order valence-corrected chi connectivity index (χ3v) is 5.81. The molecule has 27 heavy (non-hydrogen) atoms. The molecule has 0 saturated carbocycles. The summed E-state index contributed by atoms with van der Waals surface area (Å²) in [5.41, 5.74) is 2.96. The molecule has 3 unspecified atom stereocenters. The standard InChI is InChI=1S/C22H18N2O3/c25-20-11-9-14(12-19(20)24(26)27)22-17-7-3-6-16(17)21-15-5-2-1-4-13(15)8-10-18(21)23-22/h1-6,8-12,16-17,22-23,25H,7H2. The van der Waals surface area contributed by atoms with Crippen LogP contribution in [0.3, 0.4) is 0 Å². The molecule has 134 valence electrons. The van der Waals surface area contributed by atoms with Gasteiger partial charge in [0, 0.05) is 17.7 Å². The third kappa shape index (κ3) is 2.39. The molecular weight excluding hydrogens is 340 g/mol. The van der Waals surface area contributed by atoms with Crippen LogP contribution in [0, 0.1) is 16.0 Å². The molecule has 1 heterocycles. The van der Waals surface area contributed by atoms with Crippen molar-refractivity contribution in [1.82, 2.24) is 0 Å². The number of fused-ring (bicyclic) bond motifs is 5. The van der Waals surface area contributed by atoms with E-state index in [1.807, 2.05) is 6.07 Å². The van der Waals surface area contributed by atoms with Gasteiger partial charge in [-0.3, -0.25) is 10.1 Å². The number of hydrogen-bond acceptors (Lipinski definition) is 4. The number of nitrogens with zero attached hydrogens (tertiary/aromatic N) is 1. The first-order valence-electron chi connectivity index (χ1n) is 9.05. The van der Waals surface area contributed by atoms with Gasteiger partial charge in [-0.1, -0.05) is 48.6 Å². The number of nitrogens with one attached hydrogen (secondary N) is 1. The van der Waals surface area contributed by atoms with Gasteiger partial charge in [-0.05, 0) is 46.4 Å². The average Bonchev–Trinajstić information content (AvgIpc) is 3.17. The predicted molar refractivity (Wildman–Crippen MR) is 105 cm³/mol. The first-order valence-corrected chi connectivity index (χ1v) is 9.05. The molecule has 1 aliphatic carbocycles. The molecule has 5 rings (SSSR count). The summed E-state index contributed by atoms with van der Waals surface area (Å²) < 4.78 is 0. The molecule has 5 nitrogen and oxygen atoms in total. The molecule has 5 heteroatoms. The summed E-state index contributed by atoms with van der Waals surface area (Å²) in [5.74, 6) is 0.254. The van der Waals surface area contributed by atoms with Crippen molar-refractivity contribution >= 4 is 22.1 Å². The van der Waals surface area contributed by atoms with Crippen molar-refractivity contribution in [3.05, 3.63) is 88.0 Å². The van der Waals surface area contributed by atoms with Crippen LogP contribution in [0.15, 0.2) is 66.7 Å². The molecule has 3 aromatic carbocycles. The van der Waals surface area contributed by atoms with Crippen LogP contribution in [-0.4, -0.2) is 10.0 Å². The molecule has 3 aromatic rings. The minimum atomic E-state index is -0.534. The Hall–Kier alpha value is -3.34. The topological polar surface area (TPSA) is 75.4 Å². The fraction of sp³-hybridized carbons (Fsp3) is 0.182. The van der Waals surface area contributed by atoms with Crippen LogP contribution in [0.25, 0.3) is 10.8 Å². The summed E-state index contributed by atoms with van der Waals surface area (Å²) in [6.07, 6.45) is 5.38. The van der Waals surface area contributed by atoms with E-state index in [-0.39, 0.29) is 29.3 Å². The lowest BCUT2D eigenvalue weighted by Gasteiger charge is -2.38. The Morgan fingerprint density at radius 2 is 1.96 bits per heavy atom. The number of hydrogen-bond donors (Lipinski definition) is 2. The highest BCUT2D eigenvalue weighted by molar-refractivity contribution is 5.91. The number of nitro benzene ring substituents is 1. The number of anilines is 1. The highest BCUT2D eigenvalue weighted by atomic mass is 16.6. The zero-order valence-corrected chi connectivity index (χ0v) is 14.5. The zero-order valence-electron chi connectivity index (χ0n) is 14.5. The van der Waals surface area contributed by atoms with Gasteiger partial charge in [-0.2, -0.15) is 0 Å². The second-order valence-corrected chi connectivity index (χ2v) is 7.23. The number of phenols is 1. The Morgan fingerprint density at radius 1 is 1.11 bits per heavy atom. The summed E-state index contributed by atoms with van der Waals surface area (Å²) >= 11 is 0. The second kappa shape index (κ2) is 5.84. The lowest BCUT2D eigenvalue weighted by molar-refractivity contribution is -0.385. The fourth-order valence-corrected chi connectivity index (χ4v) is 4.59. The number of phenolic OH excluding ortho intramolecular Hbond substituents is 1. The highest BCUT2D eigenvalue weighted by Gasteiger charge is 2.39. The van der Waals surface area contributed by atoms with Crippen molar-refractivity contribution in [2.45, 2.75) is 18.4 Å². The van der Waals surface area contributed by atoms with Crippen molar-refractivity contribution in [3.63, 3.8) is 0 Å². The van der Waals surface area contributed by atoms with Gasteiger partial charge >= 0.3 is 5.69 Å². The van der Waals surface area contributed by atoms with Crippen molar-refractivity contribution in [3.8, 4) is 5.75 Å². The number of rotatable bonds is 2. The molecule has 0 saturated heterocycles. The smallest absolute Gasteiger partial charge is 0.311 e. The quantitative estimate of drug-likeness (QED) is 0.371. The molecule has 0 fully saturated rings. The van der Waals surface area contributed by atoms with E-state index in [4.69, 9.17) is 0 Å². The maximum absolute atomic E-state index is 11.2. The van der Waals surface area contributed by atoms with E-state index in [0.29, 0.717) is 0 Å². The highest BCUT2D eigenvalue weighted by Crippen LogP contribution is 2.52. The first-order chi connectivity index (χ1) is 13.1. The molecule has 0 bridgehead atoms. The Kier molecular flexibility index (Phi) is 3.44. The Labute approximate surface area is 156 Å². The zero-order chi connectivity index (χ0) is 18.5. The fourth-order valence-electron chi connectivity index (χ4n) is 4.59. The van der Waals surface area contributed by atoms with Gasteiger partial charge in [-0.25, -0.2) is 0 Å². The van der Waals surface area contributed by atoms with E-state index in [9.17, 15) is 15.2 Å². The SMILES string of the molecule is O=[N+]([O-])c1cc(C2Nc3ccc4ccccc4c3C3C=CCC32)ccc1O. The molecule has 3 atom stereocenters. The lowest BCUT2D eigenvalue weighted by atomic mass is 9.75. The predicted octanol–water partition coefficient (Wildman–Crippen LogP) is 5.28. The monoisotopic (exact) mass is 358 g/mol. The van der Waals surface area contributed by atoms with Crippen LogP contribution in [0.5, 0.6) is 5.75 Å². The van der Waals surface area contributed by atoms with Gasteiger partial charge < -0.3 is 10.4 Å². The Morgan fingerprint density at radius 3 is 2.81 bits per heavy atom. The van der Waals surface area contributed by atoms with Crippen molar-refractivity contribution in [1.29, 1.82) is 0 Å². The number of allylic oxidation sites excluding steroid dienone is 2. The van der Waals surface area contributed by atoms with E-state index >= 15 is 0 Å². The molecule has 2 aliphatic rings. The molecule has 0 radical (unpaired) electrons. The van der Waals surface area contributed by atoms with Crippen LogP contribution in [0.2, 0.25) is 0 Å². The van der Waals surface area contributed by atoms with Gasteiger partial charge in [0.1, 0.15) is 0 Å². The second-order valence-electron chi connectivity index (χ2n) is 7.23. The maximum atomic E-state index is 11.2. The van der Waals surface area contributed by atoms with Gasteiger partial charge in [0.15, 0.2) is 5.75 Å². The molecule has 0 amide bonds. The van der Waals surface area contributed by atoms with Crippen molar-refractivity contribution in [2.75, 3.05) is 5.32 Å². The molecule has 0 spiro atoms. The Bertz CT molecular complexity index is 1110. The summed E-state index contributed by atoms with van der Waals surface area (Å²) in [4.78, 5) is 10.7. The Balaban J connectivity index is 1.65. The van der Waals surface area contributed by atoms with Crippen LogP contribution in [0.4, 0.5) is 11.4 Å². The lowest BCUT2D eigenvalue weighted by Crippen LogP contribution is -2.29. The minimum Gasteiger partial charge on any atom is -0.502 e. The minimum absolute atomic E-state index is 0.0436. The number of benzene rings is 3. The first kappa shape index (κ1) is 15.9. The van der Waals surface area contributed by atoms with E-state index in [0.717, 1.165) is 17.7 Å². The largest absolute Gasteiger partial charge is 0.502 e. The van der Waals surface area contributed by atoms with E-state index in [1.54, 1.807) is 6.07 Å². The normalized spacial score (nSPS) is 22.9. The summed E-state index contributed by atoms with van der Waals surface area (Å²) in [7, 11) is 0. The van der Waals surface area contributed by atoms with E-state index < -0.39 is 4.92 Å². The van der Waals surface area contributed by atoms with Gasteiger partial charge in [-0.15, -0.1) is 0 Å². The van der Waals surface area contributed by atoms with Crippen LogP contribution in [0.1, 0.15) is 29.5 Å². The molecular formula is C22H18N2O3. The average molecular weight is 358 g/mol. The molecule has 0 aromatic heterocycles. The van der Waals surface area contributed by atoms with Gasteiger partial charge in [0.05, 0.1) is 11.0 Å². The number of aromatic hydroxyl groups is 1. The summed E-state index contributed by atoms with van der Waals surface area (Å²) in [5, 5.41) is 27.1. The van der Waals surface area contributed by atoms with Crippen LogP contribution < -0.4 is 5.32 Å². The van der Waals surface area contributed by atoms with E-state index in [1.165, 1.54) is 28.5 Å². The van der Waals surface area contributed by atoms with Gasteiger partial charge in [0.2, 0.25) is 0 Å². The van der Waals surface area contributed by atoms with Crippen LogP contribution in [-0.2, 0) is 0 Å². The number of nitro groups is 1. The van der Waals surface area contributed by atoms with E-state index in [2.05, 4.69) is 47.8 Å². The third-order valence-electron chi connectivity index (χ3n) is 5.81. The molecule has 2 N–H and O–H groups in total. The van der Waals surface area contributed by atoms with Crippen molar-refractivity contribution in [2.24, 2.45) is 5.92 Å².